The third kappa shape index (κ3) is 5.42. The van der Waals surface area contributed by atoms with Crippen LogP contribution in [0.5, 0.6) is 0 Å². The van der Waals surface area contributed by atoms with E-state index in [1.165, 1.54) is 16.7 Å². The van der Waals surface area contributed by atoms with Crippen molar-refractivity contribution in [2.24, 2.45) is 0 Å². The Morgan fingerprint density at radius 2 is 0.979 bits per heavy atom. The minimum Gasteiger partial charge on any atom is -0.228 e. The maximum atomic E-state index is 5.09. The van der Waals surface area contributed by atoms with E-state index in [0.29, 0.717) is 0 Å². The first-order valence-electron chi connectivity index (χ1n) is 16.2. The van der Waals surface area contributed by atoms with Gasteiger partial charge >= 0.3 is 0 Å². The third-order valence-corrected chi connectivity index (χ3v) is 9.25. The molecule has 1 aliphatic carbocycles. The predicted octanol–water partition coefficient (Wildman–Crippen LogP) is 10.6. The first kappa shape index (κ1) is 28.7. The first-order chi connectivity index (χ1) is 23.0. The molecule has 0 N–H and O–H groups in total. The minimum absolute atomic E-state index is 0.219. The maximum absolute atomic E-state index is 5.09. The van der Waals surface area contributed by atoms with Crippen LogP contribution in [0.4, 0.5) is 0 Å². The Morgan fingerprint density at radius 1 is 0.468 bits per heavy atom. The molecule has 0 amide bonds. The lowest BCUT2D eigenvalue weighted by molar-refractivity contribution is 0.641. The zero-order valence-electron chi connectivity index (χ0n) is 26.6. The molecular formula is C43H34N4. The summed E-state index contributed by atoms with van der Waals surface area (Å²) in [4.78, 5) is 20.0. The number of rotatable bonds is 6. The van der Waals surface area contributed by atoms with Gasteiger partial charge in [-0.1, -0.05) is 147 Å². The van der Waals surface area contributed by atoms with Crippen molar-refractivity contribution in [1.29, 1.82) is 0 Å². The molecule has 8 rings (SSSR count). The molecule has 0 bridgehead atoms. The van der Waals surface area contributed by atoms with Crippen molar-refractivity contribution in [2.45, 2.75) is 32.1 Å². The highest BCUT2D eigenvalue weighted by Crippen LogP contribution is 2.35. The SMILES string of the molecule is CC(C)(c1ccc(-c2nc(C3=CCCC=C3)c3ccccc3n2)cc1)c1ccc(-c2nc(-c3ccccc3)c3ccccc3n2)cc1. The number of nitrogens with zero attached hydrogens (tertiary/aromatic N) is 4. The normalized spacial score (nSPS) is 13.2. The topological polar surface area (TPSA) is 51.6 Å². The van der Waals surface area contributed by atoms with Crippen LogP contribution < -0.4 is 0 Å². The quantitative estimate of drug-likeness (QED) is 0.189. The second-order valence-corrected chi connectivity index (χ2v) is 12.6. The number of aromatic nitrogens is 4. The predicted molar refractivity (Wildman–Crippen MR) is 194 cm³/mol. The Bertz CT molecular complexity index is 2300. The van der Waals surface area contributed by atoms with Crippen LogP contribution in [0.1, 0.15) is 43.5 Å². The highest BCUT2D eigenvalue weighted by Gasteiger charge is 2.24. The molecule has 4 nitrogen and oxygen atoms in total. The zero-order chi connectivity index (χ0) is 31.8. The van der Waals surface area contributed by atoms with Crippen LogP contribution in [0, 0.1) is 0 Å². The summed E-state index contributed by atoms with van der Waals surface area (Å²) >= 11 is 0. The molecule has 2 aromatic heterocycles. The highest BCUT2D eigenvalue weighted by atomic mass is 14.9. The van der Waals surface area contributed by atoms with E-state index >= 15 is 0 Å². The van der Waals surface area contributed by atoms with Crippen molar-refractivity contribution >= 4 is 27.4 Å². The van der Waals surface area contributed by atoms with Crippen molar-refractivity contribution in [3.8, 4) is 34.0 Å². The molecule has 7 aromatic rings. The van der Waals surface area contributed by atoms with Gasteiger partial charge in [0.15, 0.2) is 11.6 Å². The fraction of sp³-hybridized carbons (Fsp3) is 0.116. The Kier molecular flexibility index (Phi) is 7.26. The zero-order valence-corrected chi connectivity index (χ0v) is 26.6. The van der Waals surface area contributed by atoms with Gasteiger partial charge in [-0.3, -0.25) is 0 Å². The maximum Gasteiger partial charge on any atom is 0.160 e. The molecule has 4 heteroatoms. The molecule has 226 valence electrons. The van der Waals surface area contributed by atoms with E-state index in [1.54, 1.807) is 0 Å². The summed E-state index contributed by atoms with van der Waals surface area (Å²) < 4.78 is 0. The van der Waals surface area contributed by atoms with E-state index in [9.17, 15) is 0 Å². The smallest absolute Gasteiger partial charge is 0.160 e. The molecule has 0 radical (unpaired) electrons. The molecule has 2 heterocycles. The average Bonchev–Trinajstić information content (AvgIpc) is 3.14. The van der Waals surface area contributed by atoms with Crippen molar-refractivity contribution in [1.82, 2.24) is 19.9 Å². The van der Waals surface area contributed by atoms with Crippen LogP contribution in [-0.2, 0) is 5.41 Å². The van der Waals surface area contributed by atoms with Gasteiger partial charge in [-0.05, 0) is 41.7 Å². The van der Waals surface area contributed by atoms with Crippen LogP contribution in [0.2, 0.25) is 0 Å². The molecule has 1 aliphatic rings. The van der Waals surface area contributed by atoms with Gasteiger partial charge < -0.3 is 0 Å². The molecule has 0 saturated heterocycles. The van der Waals surface area contributed by atoms with Crippen LogP contribution in [0.15, 0.2) is 146 Å². The van der Waals surface area contributed by atoms with Crippen LogP contribution in [-0.4, -0.2) is 19.9 Å². The number of hydrogen-bond donors (Lipinski definition) is 0. The third-order valence-electron chi connectivity index (χ3n) is 9.25. The standard InChI is InChI=1S/C43H34N4/c1-43(2,33-25-21-31(22-26-33)41-44-37-19-11-9-17-35(37)39(46-41)29-13-5-3-6-14-29)34-27-23-32(24-28-34)42-45-38-20-12-10-18-36(38)40(47-42)30-15-7-4-8-16-30/h3,5-7,9-28H,4,8H2,1-2H3. The second kappa shape index (κ2) is 11.9. The van der Waals surface area contributed by atoms with Crippen molar-refractivity contribution in [3.63, 3.8) is 0 Å². The van der Waals surface area contributed by atoms with Gasteiger partial charge in [-0.25, -0.2) is 19.9 Å². The van der Waals surface area contributed by atoms with E-state index in [4.69, 9.17) is 19.9 Å². The summed E-state index contributed by atoms with van der Waals surface area (Å²) in [7, 11) is 0. The summed E-state index contributed by atoms with van der Waals surface area (Å²) in [5.41, 5.74) is 10.3. The van der Waals surface area contributed by atoms with Crippen LogP contribution in [0.3, 0.4) is 0 Å². The van der Waals surface area contributed by atoms with E-state index in [1.807, 2.05) is 36.4 Å². The van der Waals surface area contributed by atoms with E-state index in [0.717, 1.165) is 74.4 Å². The molecular weight excluding hydrogens is 573 g/mol. The van der Waals surface area contributed by atoms with Gasteiger partial charge in [-0.15, -0.1) is 0 Å². The monoisotopic (exact) mass is 606 g/mol. The van der Waals surface area contributed by atoms with Gasteiger partial charge in [0.1, 0.15) is 0 Å². The molecule has 0 saturated carbocycles. The summed E-state index contributed by atoms with van der Waals surface area (Å²) in [6.07, 6.45) is 8.81. The Morgan fingerprint density at radius 3 is 1.53 bits per heavy atom. The Hall–Kier alpha value is -5.74. The molecule has 0 spiro atoms. The number of fused-ring (bicyclic) bond motifs is 2. The lowest BCUT2D eigenvalue weighted by atomic mass is 9.77. The molecule has 47 heavy (non-hydrogen) atoms. The fourth-order valence-corrected chi connectivity index (χ4v) is 6.48. The number of benzene rings is 5. The van der Waals surface area contributed by atoms with E-state index < -0.39 is 0 Å². The van der Waals surface area contributed by atoms with E-state index in [-0.39, 0.29) is 5.41 Å². The van der Waals surface area contributed by atoms with E-state index in [2.05, 4.69) is 123 Å². The summed E-state index contributed by atoms with van der Waals surface area (Å²) in [6.45, 7) is 4.53. The molecule has 5 aromatic carbocycles. The Balaban J connectivity index is 1.10. The highest BCUT2D eigenvalue weighted by molar-refractivity contribution is 5.94. The van der Waals surface area contributed by atoms with Crippen LogP contribution in [0.25, 0.3) is 61.4 Å². The molecule has 0 fully saturated rings. The van der Waals surface area contributed by atoms with Gasteiger partial charge in [0, 0.05) is 32.9 Å². The lowest BCUT2D eigenvalue weighted by Crippen LogP contribution is -2.18. The average molecular weight is 607 g/mol. The largest absolute Gasteiger partial charge is 0.228 e. The summed E-state index contributed by atoms with van der Waals surface area (Å²) in [6, 6.07) is 44.3. The molecule has 0 aliphatic heterocycles. The van der Waals surface area contributed by atoms with Gasteiger partial charge in [0.05, 0.1) is 22.4 Å². The van der Waals surface area contributed by atoms with Gasteiger partial charge in [0.25, 0.3) is 0 Å². The second-order valence-electron chi connectivity index (χ2n) is 12.6. The molecule has 0 unspecified atom stereocenters. The van der Waals surface area contributed by atoms with Gasteiger partial charge in [0.2, 0.25) is 0 Å². The number of hydrogen-bond acceptors (Lipinski definition) is 4. The van der Waals surface area contributed by atoms with Crippen LogP contribution >= 0.6 is 0 Å². The number of para-hydroxylation sites is 2. The van der Waals surface area contributed by atoms with Crippen molar-refractivity contribution < 1.29 is 0 Å². The molecule has 0 atom stereocenters. The van der Waals surface area contributed by atoms with Gasteiger partial charge in [-0.2, -0.15) is 0 Å². The van der Waals surface area contributed by atoms with Crippen molar-refractivity contribution in [3.05, 3.63) is 162 Å². The summed E-state index contributed by atoms with van der Waals surface area (Å²) in [5.74, 6) is 1.48. The minimum atomic E-state index is -0.219. The number of allylic oxidation sites excluding steroid dienone is 4. The first-order valence-corrected chi connectivity index (χ1v) is 16.2. The fourth-order valence-electron chi connectivity index (χ4n) is 6.48. The Labute approximate surface area is 275 Å². The lowest BCUT2D eigenvalue weighted by Gasteiger charge is -2.26. The van der Waals surface area contributed by atoms with Crippen molar-refractivity contribution in [2.75, 3.05) is 0 Å². The summed E-state index contributed by atoms with van der Waals surface area (Å²) in [5, 5.41) is 2.14.